The zero-order valence-electron chi connectivity index (χ0n) is 44.1. The monoisotopic (exact) mass is 1150 g/mol. The predicted octanol–water partition coefficient (Wildman–Crippen LogP) is 17.9. The summed E-state index contributed by atoms with van der Waals surface area (Å²) >= 11 is 0. The van der Waals surface area contributed by atoms with E-state index in [1.807, 2.05) is 18.3 Å². The number of hydrogen-bond donors (Lipinski definition) is 0. The number of aromatic nitrogens is 2. The summed E-state index contributed by atoms with van der Waals surface area (Å²) in [4.78, 5) is 9.61. The van der Waals surface area contributed by atoms with E-state index in [9.17, 15) is 0 Å². The van der Waals surface area contributed by atoms with E-state index < -0.39 is 0 Å². The summed E-state index contributed by atoms with van der Waals surface area (Å²) in [5.74, 6) is 2.02. The molecule has 0 amide bonds. The van der Waals surface area contributed by atoms with Crippen LogP contribution < -0.4 is 14.5 Å². The van der Waals surface area contributed by atoms with Crippen molar-refractivity contribution in [2.24, 2.45) is 0 Å². The van der Waals surface area contributed by atoms with Gasteiger partial charge in [-0.05, 0) is 103 Å². The molecule has 0 fully saturated rings. The van der Waals surface area contributed by atoms with Gasteiger partial charge in [0.2, 0.25) is 0 Å². The van der Waals surface area contributed by atoms with Crippen LogP contribution in [0.5, 0.6) is 11.5 Å². The third-order valence-electron chi connectivity index (χ3n) is 15.1. The third-order valence-corrected chi connectivity index (χ3v) is 15.1. The molecule has 0 unspecified atom stereocenters. The van der Waals surface area contributed by atoms with Gasteiger partial charge in [0.15, 0.2) is 0 Å². The molecule has 2 aromatic heterocycles. The molecule has 0 radical (unpaired) electrons. The van der Waals surface area contributed by atoms with Crippen molar-refractivity contribution < 1.29 is 25.8 Å². The van der Waals surface area contributed by atoms with Gasteiger partial charge >= 0.3 is 0 Å². The fraction of sp³-hybridized carbons (Fsp3) is 0.206. The molecule has 1 aliphatic heterocycles. The number of anilines is 4. The summed E-state index contributed by atoms with van der Waals surface area (Å²) in [5.41, 5.74) is 15.3. The smallest absolute Gasteiger partial charge is 0.135 e. The van der Waals surface area contributed by atoms with Gasteiger partial charge in [0.1, 0.15) is 5.82 Å². The Kier molecular flexibility index (Phi) is 13.1. The molecular weight excluding hydrogens is 1080 g/mol. The summed E-state index contributed by atoms with van der Waals surface area (Å²) in [6.45, 7) is 25.0. The quantitative estimate of drug-likeness (QED) is 0.128. The van der Waals surface area contributed by atoms with Crippen molar-refractivity contribution in [3.8, 4) is 28.4 Å². The average molecular weight is 1150 g/mol. The molecule has 6 heteroatoms. The SMILES string of the molecule is CC(C)(C)c1ccc2c(c1)N(c1[c-]c(Oc3[c-]c4c(cc3)c3cc(C(C)(C)C)ccc3n4-c3cc(C(C)(C)c4ccccc4)ccn3)ccc1)[CH-]N2c1cc(-c2ccccc2)cc(C(C)(C)c2ccccc2)c1.[Pt]. The molecule has 3 heterocycles. The molecule has 0 atom stereocenters. The number of pyridine rings is 1. The normalized spacial score (nSPS) is 13.1. The second-order valence-corrected chi connectivity index (χ2v) is 22.7. The number of rotatable bonds is 10. The molecule has 0 saturated heterocycles. The van der Waals surface area contributed by atoms with Crippen LogP contribution in [0.4, 0.5) is 22.7 Å². The molecule has 11 rings (SSSR count). The van der Waals surface area contributed by atoms with Gasteiger partial charge in [-0.15, -0.1) is 48.1 Å². The maximum absolute atomic E-state index is 6.83. The van der Waals surface area contributed by atoms with E-state index in [1.54, 1.807) is 0 Å². The van der Waals surface area contributed by atoms with Crippen LogP contribution in [0.3, 0.4) is 0 Å². The van der Waals surface area contributed by atoms with Crippen LogP contribution in [0, 0.1) is 18.8 Å². The van der Waals surface area contributed by atoms with E-state index in [2.05, 4.69) is 278 Å². The molecule has 0 aliphatic carbocycles. The summed E-state index contributed by atoms with van der Waals surface area (Å²) in [7, 11) is 0. The molecule has 74 heavy (non-hydrogen) atoms. The molecule has 0 N–H and O–H groups in total. The van der Waals surface area contributed by atoms with Crippen molar-refractivity contribution >= 4 is 44.6 Å². The maximum Gasteiger partial charge on any atom is 0.135 e. The standard InChI is InChI=1S/C68H63N4O.Pt/c1-65(2,3)50-29-33-60-59(40-50)58-32-31-57(44-62(58)72(60)64-42-52(35-36-69-64)67(7,8)48-23-16-12-17-24-48)73-56-28-20-27-54(43-56)70-45-71(61-34-30-51(41-63(61)70)66(4,5)6)55-38-47(46-21-14-11-15-22-46)37-53(39-55)68(9,10)49-25-18-13-19-26-49;/h11-42,45H,1-10H3;/q-3;. The summed E-state index contributed by atoms with van der Waals surface area (Å²) in [6.07, 6.45) is 1.93. The van der Waals surface area contributed by atoms with Crippen LogP contribution in [0.15, 0.2) is 194 Å². The molecular formula is C68H63N4OPt-3. The van der Waals surface area contributed by atoms with Crippen molar-refractivity contribution in [1.29, 1.82) is 0 Å². The summed E-state index contributed by atoms with van der Waals surface area (Å²) in [5, 5.41) is 2.24. The molecule has 8 aromatic carbocycles. The molecule has 5 nitrogen and oxygen atoms in total. The second-order valence-electron chi connectivity index (χ2n) is 22.7. The Bertz CT molecular complexity index is 3660. The maximum atomic E-state index is 6.83. The summed E-state index contributed by atoms with van der Waals surface area (Å²) in [6, 6.07) is 75.0. The topological polar surface area (TPSA) is 33.5 Å². The van der Waals surface area contributed by atoms with Gasteiger partial charge in [0.05, 0.1) is 0 Å². The largest absolute Gasteiger partial charge is 0.509 e. The molecule has 374 valence electrons. The average Bonchev–Trinajstić information content (AvgIpc) is 3.94. The first kappa shape index (κ1) is 50.3. The molecule has 0 bridgehead atoms. The Morgan fingerprint density at radius 3 is 1.74 bits per heavy atom. The fourth-order valence-electron chi connectivity index (χ4n) is 10.3. The van der Waals surface area contributed by atoms with Crippen LogP contribution in [0.1, 0.15) is 103 Å². The molecule has 0 spiro atoms. The van der Waals surface area contributed by atoms with E-state index in [0.29, 0.717) is 11.5 Å². The van der Waals surface area contributed by atoms with Crippen LogP contribution in [-0.4, -0.2) is 9.55 Å². The predicted molar refractivity (Wildman–Crippen MR) is 304 cm³/mol. The Hall–Kier alpha value is -7.20. The Morgan fingerprint density at radius 2 is 1.07 bits per heavy atom. The van der Waals surface area contributed by atoms with Gasteiger partial charge in [-0.2, -0.15) is 12.1 Å². The van der Waals surface area contributed by atoms with Crippen LogP contribution in [0.2, 0.25) is 0 Å². The van der Waals surface area contributed by atoms with Gasteiger partial charge in [-0.25, -0.2) is 4.98 Å². The van der Waals surface area contributed by atoms with Gasteiger partial charge in [-0.1, -0.05) is 190 Å². The van der Waals surface area contributed by atoms with E-state index in [-0.39, 0.29) is 42.7 Å². The van der Waals surface area contributed by atoms with Crippen LogP contribution in [0.25, 0.3) is 38.8 Å². The Balaban J connectivity index is 0.00000626. The van der Waals surface area contributed by atoms with Gasteiger partial charge in [-0.3, -0.25) is 0 Å². The minimum atomic E-state index is -0.262. The van der Waals surface area contributed by atoms with E-state index in [4.69, 9.17) is 9.72 Å². The van der Waals surface area contributed by atoms with Crippen molar-refractivity contribution in [3.63, 3.8) is 0 Å². The number of fused-ring (bicyclic) bond motifs is 4. The van der Waals surface area contributed by atoms with E-state index in [0.717, 1.165) is 50.4 Å². The van der Waals surface area contributed by atoms with Crippen molar-refractivity contribution in [1.82, 2.24) is 9.55 Å². The van der Waals surface area contributed by atoms with Crippen molar-refractivity contribution in [3.05, 3.63) is 246 Å². The van der Waals surface area contributed by atoms with Gasteiger partial charge in [0.25, 0.3) is 0 Å². The third kappa shape index (κ3) is 9.37. The summed E-state index contributed by atoms with van der Waals surface area (Å²) < 4.78 is 9.07. The first-order chi connectivity index (χ1) is 34.9. The zero-order chi connectivity index (χ0) is 50.9. The number of hydrogen-bond acceptors (Lipinski definition) is 4. The van der Waals surface area contributed by atoms with Crippen LogP contribution >= 0.6 is 0 Å². The first-order valence-corrected chi connectivity index (χ1v) is 25.5. The minimum Gasteiger partial charge on any atom is -0.509 e. The zero-order valence-corrected chi connectivity index (χ0v) is 46.3. The number of benzene rings is 8. The van der Waals surface area contributed by atoms with Gasteiger partial charge in [0, 0.05) is 72.2 Å². The van der Waals surface area contributed by atoms with E-state index >= 15 is 0 Å². The first-order valence-electron chi connectivity index (χ1n) is 25.5. The number of ether oxygens (including phenoxy) is 1. The van der Waals surface area contributed by atoms with Crippen LogP contribution in [-0.2, 0) is 42.7 Å². The second kappa shape index (κ2) is 19.3. The van der Waals surface area contributed by atoms with Gasteiger partial charge < -0.3 is 19.1 Å². The number of nitrogens with zero attached hydrogens (tertiary/aromatic N) is 4. The van der Waals surface area contributed by atoms with Crippen molar-refractivity contribution in [2.75, 3.05) is 9.80 Å². The Morgan fingerprint density at radius 1 is 0.446 bits per heavy atom. The molecule has 1 aliphatic rings. The molecule has 10 aromatic rings. The van der Waals surface area contributed by atoms with Crippen molar-refractivity contribution in [2.45, 2.75) is 90.9 Å². The minimum absolute atomic E-state index is 0. The Labute approximate surface area is 452 Å². The van der Waals surface area contributed by atoms with E-state index in [1.165, 1.54) is 44.5 Å². The molecule has 0 saturated carbocycles. The fourth-order valence-corrected chi connectivity index (χ4v) is 10.3.